The van der Waals surface area contributed by atoms with Crippen molar-refractivity contribution in [1.82, 2.24) is 9.97 Å². The maximum absolute atomic E-state index is 12.2. The molecule has 55 heavy (non-hydrogen) atoms. The number of hydrogen-bond acceptors (Lipinski definition) is 5. The number of allylic oxidation sites excluding steroid dienone is 2. The zero-order valence-corrected chi connectivity index (χ0v) is 36.1. The monoisotopic (exact) mass is 912 g/mol. The van der Waals surface area contributed by atoms with Crippen LogP contribution in [0.3, 0.4) is 0 Å². The number of rotatable bonds is 11. The van der Waals surface area contributed by atoms with Gasteiger partial charge in [0.2, 0.25) is 0 Å². The summed E-state index contributed by atoms with van der Waals surface area (Å²) in [5, 5.41) is 13.4. The second-order valence-electron chi connectivity index (χ2n) is 15.8. The smallest absolute Gasteiger partial charge is 0.164 e. The molecule has 0 fully saturated rings. The molecule has 5 nitrogen and oxygen atoms in total. The number of hydrogen-bond donors (Lipinski definition) is 1. The zero-order valence-electron chi connectivity index (χ0n) is 33.7. The minimum absolute atomic E-state index is 0. The molecule has 6 heteroatoms. The van der Waals surface area contributed by atoms with Crippen LogP contribution in [0.5, 0.6) is 0 Å². The van der Waals surface area contributed by atoms with Gasteiger partial charge in [-0.1, -0.05) is 120 Å². The second kappa shape index (κ2) is 17.6. The van der Waals surface area contributed by atoms with Crippen molar-refractivity contribution in [2.24, 2.45) is 16.7 Å². The number of furan rings is 1. The van der Waals surface area contributed by atoms with E-state index in [1.165, 1.54) is 33.7 Å². The molecule has 0 bridgehead atoms. The molecule has 0 amide bonds. The summed E-state index contributed by atoms with van der Waals surface area (Å²) in [5.41, 5.74) is 9.40. The Morgan fingerprint density at radius 2 is 1.49 bits per heavy atom. The molecule has 1 radical (unpaired) electrons. The van der Waals surface area contributed by atoms with E-state index in [1.54, 1.807) is 0 Å². The van der Waals surface area contributed by atoms with E-state index < -0.39 is 0 Å². The largest absolute Gasteiger partial charge is 0.512 e. The second-order valence-corrected chi connectivity index (χ2v) is 15.8. The molecule has 3 aromatic carbocycles. The SMILES string of the molecule is CC(C)Cc1ccnc2c1CCc1oc3ccnc(-c4[c-]c5ccccc5c(-c5ccccc5)c4)c3c1-2.CCC(C)(CC)C(=O)/C=C(\O)C(C)(CC)CC.[Ir]. The molecule has 7 rings (SSSR count). The number of fused-ring (bicyclic) bond motifs is 6. The summed E-state index contributed by atoms with van der Waals surface area (Å²) in [4.78, 5) is 22.0. The first kappa shape index (κ1) is 41.8. The number of ketones is 1. The Bertz CT molecular complexity index is 2290. The van der Waals surface area contributed by atoms with Gasteiger partial charge in [-0.25, -0.2) is 0 Å². The van der Waals surface area contributed by atoms with Crippen LogP contribution in [-0.2, 0) is 44.2 Å². The molecule has 3 heterocycles. The Kier molecular flexibility index (Phi) is 13.4. The van der Waals surface area contributed by atoms with E-state index in [9.17, 15) is 9.90 Å². The van der Waals surface area contributed by atoms with Crippen LogP contribution in [-0.4, -0.2) is 20.9 Å². The number of aliphatic hydroxyl groups excluding tert-OH is 1. The summed E-state index contributed by atoms with van der Waals surface area (Å²) in [6, 6.07) is 29.1. The van der Waals surface area contributed by atoms with Crippen molar-refractivity contribution in [2.75, 3.05) is 0 Å². The number of aromatic nitrogens is 2. The summed E-state index contributed by atoms with van der Waals surface area (Å²) in [6.45, 7) is 16.6. The fourth-order valence-electron chi connectivity index (χ4n) is 7.52. The molecular weight excluding hydrogens is 857 g/mol. The van der Waals surface area contributed by atoms with Crippen LogP contribution in [0.25, 0.3) is 55.4 Å². The van der Waals surface area contributed by atoms with Gasteiger partial charge in [-0.05, 0) is 73.3 Å². The summed E-state index contributed by atoms with van der Waals surface area (Å²) in [7, 11) is 0. The van der Waals surface area contributed by atoms with E-state index in [0.717, 1.165) is 89.6 Å². The molecular formula is C49H55IrN2O3-. The summed E-state index contributed by atoms with van der Waals surface area (Å²) < 4.78 is 6.44. The number of nitrogens with zero attached hydrogens (tertiary/aromatic N) is 2. The van der Waals surface area contributed by atoms with E-state index in [-0.39, 0.29) is 42.5 Å². The molecule has 6 aromatic rings. The van der Waals surface area contributed by atoms with Crippen LogP contribution in [0.2, 0.25) is 0 Å². The summed E-state index contributed by atoms with van der Waals surface area (Å²) >= 11 is 0. The van der Waals surface area contributed by atoms with E-state index in [2.05, 4.69) is 86.6 Å². The van der Waals surface area contributed by atoms with Gasteiger partial charge >= 0.3 is 0 Å². The number of carbonyl (C=O) groups excluding carboxylic acids is 1. The maximum Gasteiger partial charge on any atom is 0.164 e. The average molecular weight is 912 g/mol. The van der Waals surface area contributed by atoms with Gasteiger partial charge in [-0.2, -0.15) is 0 Å². The van der Waals surface area contributed by atoms with Crippen molar-refractivity contribution < 1.29 is 34.4 Å². The standard InChI is InChI=1S/C34H27N2O.C15H28O2.Ir/c1-21(2)18-24-14-16-36-34-27(24)12-13-29-32(34)31-30(37-29)15-17-35-33(31)25-19-23-10-6-7-11-26(23)28(20-25)22-8-4-3-5-9-22;1-7-14(5,8-2)12(16)11-13(17)15(6,9-3)10-4;/h3-11,14-17,20-21H,12-13,18H2,1-2H3;11,16H,7-10H2,1-6H3;/q-1;;/b;12-11-;. The predicted molar refractivity (Wildman–Crippen MR) is 224 cm³/mol. The van der Waals surface area contributed by atoms with Crippen molar-refractivity contribution in [3.63, 3.8) is 0 Å². The fourth-order valence-corrected chi connectivity index (χ4v) is 7.52. The van der Waals surface area contributed by atoms with Crippen LogP contribution in [0.1, 0.15) is 98.0 Å². The summed E-state index contributed by atoms with van der Waals surface area (Å²) in [5.74, 6) is 1.89. The van der Waals surface area contributed by atoms with Crippen LogP contribution in [0, 0.1) is 22.8 Å². The molecule has 1 aliphatic rings. The zero-order chi connectivity index (χ0) is 38.6. The Morgan fingerprint density at radius 1 is 0.855 bits per heavy atom. The Labute approximate surface area is 341 Å². The van der Waals surface area contributed by atoms with E-state index in [1.807, 2.05) is 60.0 Å². The molecule has 3 aromatic heterocycles. The third kappa shape index (κ3) is 8.42. The normalized spacial score (nSPS) is 12.9. The molecule has 1 N–H and O–H groups in total. The molecule has 0 unspecified atom stereocenters. The van der Waals surface area contributed by atoms with Crippen molar-refractivity contribution in [1.29, 1.82) is 0 Å². The maximum atomic E-state index is 12.2. The van der Waals surface area contributed by atoms with Gasteiger partial charge in [0.05, 0.1) is 5.69 Å². The Balaban J connectivity index is 0.000000276. The van der Waals surface area contributed by atoms with Crippen LogP contribution < -0.4 is 0 Å². The van der Waals surface area contributed by atoms with E-state index >= 15 is 0 Å². The first-order valence-electron chi connectivity index (χ1n) is 19.8. The molecule has 1 aliphatic carbocycles. The molecule has 0 spiro atoms. The van der Waals surface area contributed by atoms with Crippen molar-refractivity contribution >= 4 is 27.5 Å². The molecule has 0 saturated carbocycles. The topological polar surface area (TPSA) is 76.2 Å². The van der Waals surface area contributed by atoms with Gasteiger partial charge in [0, 0.05) is 72.5 Å². The Hall–Kier alpha value is -4.38. The van der Waals surface area contributed by atoms with Gasteiger partial charge in [-0.15, -0.1) is 23.6 Å². The number of carbonyl (C=O) groups is 1. The number of aryl methyl sites for hydroxylation is 1. The molecule has 289 valence electrons. The molecule has 0 aliphatic heterocycles. The fraction of sp³-hybridized carbons (Fsp3) is 0.367. The predicted octanol–water partition coefficient (Wildman–Crippen LogP) is 13.1. The van der Waals surface area contributed by atoms with Gasteiger partial charge in [0.1, 0.15) is 17.1 Å². The molecule has 0 saturated heterocycles. The minimum atomic E-state index is -0.337. The number of aliphatic hydroxyl groups is 1. The summed E-state index contributed by atoms with van der Waals surface area (Å²) in [6.07, 6.45) is 11.5. The van der Waals surface area contributed by atoms with Gasteiger partial charge in [0.15, 0.2) is 5.78 Å². The van der Waals surface area contributed by atoms with Gasteiger partial charge < -0.3 is 9.52 Å². The minimum Gasteiger partial charge on any atom is -0.512 e. The van der Waals surface area contributed by atoms with Crippen molar-refractivity contribution in [3.05, 3.63) is 120 Å². The first-order valence-corrected chi connectivity index (χ1v) is 19.8. The average Bonchev–Trinajstić information content (AvgIpc) is 3.60. The van der Waals surface area contributed by atoms with Crippen LogP contribution in [0.15, 0.2) is 101 Å². The third-order valence-corrected chi connectivity index (χ3v) is 12.0. The molecule has 0 atom stereocenters. The number of benzene rings is 3. The third-order valence-electron chi connectivity index (χ3n) is 12.0. The van der Waals surface area contributed by atoms with Crippen LogP contribution >= 0.6 is 0 Å². The van der Waals surface area contributed by atoms with Gasteiger partial charge in [0.25, 0.3) is 0 Å². The van der Waals surface area contributed by atoms with E-state index in [0.29, 0.717) is 5.92 Å². The number of pyridine rings is 2. The Morgan fingerprint density at radius 3 is 2.16 bits per heavy atom. The quantitative estimate of drug-likeness (QED) is 0.0796. The van der Waals surface area contributed by atoms with Crippen molar-refractivity contribution in [2.45, 2.75) is 100 Å². The van der Waals surface area contributed by atoms with Gasteiger partial charge in [-0.3, -0.25) is 14.8 Å². The first-order chi connectivity index (χ1) is 26.0. The van der Waals surface area contributed by atoms with Crippen molar-refractivity contribution in [3.8, 4) is 33.6 Å². The van der Waals surface area contributed by atoms with Crippen LogP contribution in [0.4, 0.5) is 0 Å². The van der Waals surface area contributed by atoms with E-state index in [4.69, 9.17) is 14.4 Å².